The predicted molar refractivity (Wildman–Crippen MR) is 137 cm³/mol. The molecule has 3 aromatic carbocycles. The molecule has 3 aromatic rings. The second-order valence-electron chi connectivity index (χ2n) is 9.13. The number of likely N-dealkylation sites (tertiary alicyclic amines) is 1. The van der Waals surface area contributed by atoms with E-state index in [0.717, 1.165) is 29.5 Å². The molecule has 178 valence electrons. The molecular formula is C29H30N4O2. The fourth-order valence-corrected chi connectivity index (χ4v) is 4.49. The summed E-state index contributed by atoms with van der Waals surface area (Å²) in [6, 6.07) is 23.0. The summed E-state index contributed by atoms with van der Waals surface area (Å²) in [5.74, 6) is 0.366. The molecule has 35 heavy (non-hydrogen) atoms. The minimum Gasteiger partial charge on any atom is -0.339 e. The van der Waals surface area contributed by atoms with Crippen molar-refractivity contribution in [2.75, 3.05) is 18.4 Å². The van der Waals surface area contributed by atoms with E-state index in [1.165, 1.54) is 5.56 Å². The average molecular weight is 467 g/mol. The zero-order chi connectivity index (χ0) is 24.8. The number of anilines is 1. The molecule has 0 unspecified atom stereocenters. The van der Waals surface area contributed by atoms with Crippen LogP contribution in [-0.4, -0.2) is 29.9 Å². The predicted octanol–water partition coefficient (Wildman–Crippen LogP) is 5.52. The molecular weight excluding hydrogens is 436 g/mol. The van der Waals surface area contributed by atoms with Crippen LogP contribution in [0.1, 0.15) is 56.9 Å². The molecule has 3 amide bonds. The molecule has 6 heteroatoms. The molecule has 1 aliphatic rings. The van der Waals surface area contributed by atoms with Crippen LogP contribution in [-0.2, 0) is 6.54 Å². The summed E-state index contributed by atoms with van der Waals surface area (Å²) in [5, 5.41) is 14.8. The quantitative estimate of drug-likeness (QED) is 0.519. The second-order valence-corrected chi connectivity index (χ2v) is 9.13. The number of piperidine rings is 1. The zero-order valence-electron chi connectivity index (χ0n) is 20.2. The highest BCUT2D eigenvalue weighted by Gasteiger charge is 2.25. The van der Waals surface area contributed by atoms with Gasteiger partial charge in [-0.2, -0.15) is 5.26 Å². The van der Waals surface area contributed by atoms with Gasteiger partial charge in [0.1, 0.15) is 0 Å². The van der Waals surface area contributed by atoms with Crippen LogP contribution < -0.4 is 10.6 Å². The largest absolute Gasteiger partial charge is 0.339 e. The maximum atomic E-state index is 13.2. The van der Waals surface area contributed by atoms with Gasteiger partial charge in [0, 0.05) is 30.9 Å². The van der Waals surface area contributed by atoms with E-state index in [9.17, 15) is 9.59 Å². The molecule has 0 aromatic heterocycles. The van der Waals surface area contributed by atoms with Crippen LogP contribution in [0.3, 0.4) is 0 Å². The SMILES string of the molecule is Cc1cccc(CNC(=O)Nc2cc(C(=O)N3CCC(c4ccc(C#N)cc4)CC3)ccc2C)c1. The summed E-state index contributed by atoms with van der Waals surface area (Å²) in [6.07, 6.45) is 1.77. The number of urea groups is 1. The minimum absolute atomic E-state index is 0.0218. The first-order valence-electron chi connectivity index (χ1n) is 11.9. The first-order valence-corrected chi connectivity index (χ1v) is 11.9. The summed E-state index contributed by atoms with van der Waals surface area (Å²) >= 11 is 0. The lowest BCUT2D eigenvalue weighted by Gasteiger charge is -2.32. The highest BCUT2D eigenvalue weighted by Crippen LogP contribution is 2.29. The van der Waals surface area contributed by atoms with Crippen LogP contribution in [0, 0.1) is 25.2 Å². The number of nitrogens with zero attached hydrogens (tertiary/aromatic N) is 2. The number of nitrogens with one attached hydrogen (secondary N) is 2. The lowest BCUT2D eigenvalue weighted by molar-refractivity contribution is 0.0713. The Bertz CT molecular complexity index is 1250. The molecule has 0 spiro atoms. The van der Waals surface area contributed by atoms with Crippen molar-refractivity contribution in [3.8, 4) is 6.07 Å². The Kier molecular flexibility index (Phi) is 7.47. The second kappa shape index (κ2) is 10.9. The van der Waals surface area contributed by atoms with Crippen LogP contribution in [0.5, 0.6) is 0 Å². The highest BCUT2D eigenvalue weighted by atomic mass is 16.2. The van der Waals surface area contributed by atoms with Gasteiger partial charge in [-0.25, -0.2) is 4.79 Å². The number of hydrogen-bond acceptors (Lipinski definition) is 3. The first kappa shape index (κ1) is 24.0. The number of hydrogen-bond donors (Lipinski definition) is 2. The van der Waals surface area contributed by atoms with E-state index in [2.05, 4.69) is 16.7 Å². The lowest BCUT2D eigenvalue weighted by atomic mass is 9.89. The van der Waals surface area contributed by atoms with Crippen molar-refractivity contribution < 1.29 is 9.59 Å². The smallest absolute Gasteiger partial charge is 0.319 e. The van der Waals surface area contributed by atoms with Gasteiger partial charge in [-0.05, 0) is 73.6 Å². The van der Waals surface area contributed by atoms with Gasteiger partial charge in [-0.1, -0.05) is 48.0 Å². The Labute approximate surface area is 206 Å². The van der Waals surface area contributed by atoms with Gasteiger partial charge in [0.05, 0.1) is 11.6 Å². The van der Waals surface area contributed by atoms with Gasteiger partial charge < -0.3 is 15.5 Å². The number of aryl methyl sites for hydroxylation is 2. The Hall–Kier alpha value is -4.11. The third-order valence-electron chi connectivity index (χ3n) is 6.56. The van der Waals surface area contributed by atoms with Crippen molar-refractivity contribution >= 4 is 17.6 Å². The summed E-state index contributed by atoms with van der Waals surface area (Å²) in [6.45, 7) is 5.71. The number of carbonyl (C=O) groups is 2. The first-order chi connectivity index (χ1) is 16.9. The lowest BCUT2D eigenvalue weighted by Crippen LogP contribution is -2.38. The van der Waals surface area contributed by atoms with E-state index in [4.69, 9.17) is 5.26 Å². The van der Waals surface area contributed by atoms with Crippen LogP contribution in [0.2, 0.25) is 0 Å². The number of carbonyl (C=O) groups excluding carboxylic acids is 2. The summed E-state index contributed by atoms with van der Waals surface area (Å²) in [7, 11) is 0. The molecule has 1 heterocycles. The Balaban J connectivity index is 1.34. The fourth-order valence-electron chi connectivity index (χ4n) is 4.49. The van der Waals surface area contributed by atoms with Gasteiger partial charge in [0.2, 0.25) is 0 Å². The standard InChI is InChI=1S/C29H30N4O2/c1-20-4-3-5-23(16-20)19-31-29(35)32-27-17-26(9-6-21(27)2)28(34)33-14-12-25(13-15-33)24-10-7-22(18-30)8-11-24/h3-11,16-17,25H,12-15,19H2,1-2H3,(H2,31,32,35). The Morgan fingerprint density at radius 1 is 1.00 bits per heavy atom. The van der Waals surface area contributed by atoms with E-state index in [-0.39, 0.29) is 11.9 Å². The molecule has 1 aliphatic heterocycles. The van der Waals surface area contributed by atoms with E-state index in [1.807, 2.05) is 79.4 Å². The van der Waals surface area contributed by atoms with E-state index in [0.29, 0.717) is 42.4 Å². The topological polar surface area (TPSA) is 85.2 Å². The summed E-state index contributed by atoms with van der Waals surface area (Å²) in [5.41, 5.74) is 6.15. The fraction of sp³-hybridized carbons (Fsp3) is 0.276. The van der Waals surface area contributed by atoms with Crippen LogP contribution in [0.15, 0.2) is 66.7 Å². The van der Waals surface area contributed by atoms with Crippen LogP contribution in [0.25, 0.3) is 0 Å². The molecule has 0 bridgehead atoms. The Morgan fingerprint density at radius 2 is 1.74 bits per heavy atom. The van der Waals surface area contributed by atoms with Crippen molar-refractivity contribution in [1.29, 1.82) is 5.26 Å². The van der Waals surface area contributed by atoms with E-state index < -0.39 is 0 Å². The maximum Gasteiger partial charge on any atom is 0.319 e. The number of nitriles is 1. The minimum atomic E-state index is -0.303. The third kappa shape index (κ3) is 6.07. The van der Waals surface area contributed by atoms with Crippen molar-refractivity contribution in [3.63, 3.8) is 0 Å². The van der Waals surface area contributed by atoms with Gasteiger partial charge in [0.15, 0.2) is 0 Å². The average Bonchev–Trinajstić information content (AvgIpc) is 2.88. The van der Waals surface area contributed by atoms with Crippen molar-refractivity contribution in [1.82, 2.24) is 10.2 Å². The Morgan fingerprint density at radius 3 is 2.43 bits per heavy atom. The van der Waals surface area contributed by atoms with E-state index >= 15 is 0 Å². The third-order valence-corrected chi connectivity index (χ3v) is 6.56. The number of amides is 3. The van der Waals surface area contributed by atoms with Gasteiger partial charge in [0.25, 0.3) is 5.91 Å². The van der Waals surface area contributed by atoms with E-state index in [1.54, 1.807) is 6.07 Å². The molecule has 4 rings (SSSR count). The van der Waals surface area contributed by atoms with Crippen molar-refractivity contribution in [3.05, 3.63) is 100 Å². The molecule has 0 radical (unpaired) electrons. The maximum absolute atomic E-state index is 13.2. The van der Waals surface area contributed by atoms with Crippen LogP contribution in [0.4, 0.5) is 10.5 Å². The van der Waals surface area contributed by atoms with Crippen molar-refractivity contribution in [2.24, 2.45) is 0 Å². The number of benzene rings is 3. The normalized spacial score (nSPS) is 13.7. The van der Waals surface area contributed by atoms with Gasteiger partial charge in [-0.3, -0.25) is 4.79 Å². The number of rotatable bonds is 5. The molecule has 1 saturated heterocycles. The molecule has 0 atom stereocenters. The molecule has 0 saturated carbocycles. The monoisotopic (exact) mass is 466 g/mol. The summed E-state index contributed by atoms with van der Waals surface area (Å²) in [4.78, 5) is 27.5. The molecule has 0 aliphatic carbocycles. The summed E-state index contributed by atoms with van der Waals surface area (Å²) < 4.78 is 0. The zero-order valence-corrected chi connectivity index (χ0v) is 20.2. The van der Waals surface area contributed by atoms with Gasteiger partial charge >= 0.3 is 6.03 Å². The highest BCUT2D eigenvalue weighted by molar-refractivity contribution is 5.97. The van der Waals surface area contributed by atoms with Crippen molar-refractivity contribution in [2.45, 2.75) is 39.2 Å². The van der Waals surface area contributed by atoms with Crippen LogP contribution >= 0.6 is 0 Å². The molecule has 1 fully saturated rings. The van der Waals surface area contributed by atoms with Gasteiger partial charge in [-0.15, -0.1) is 0 Å². The molecule has 6 nitrogen and oxygen atoms in total. The molecule has 2 N–H and O–H groups in total.